The van der Waals surface area contributed by atoms with Gasteiger partial charge >= 0.3 is 11.9 Å². The molecule has 0 spiro atoms. The van der Waals surface area contributed by atoms with Crippen molar-refractivity contribution in [1.82, 2.24) is 0 Å². The predicted octanol–water partition coefficient (Wildman–Crippen LogP) is 2.92. The highest BCUT2D eigenvalue weighted by Gasteiger charge is 2.38. The van der Waals surface area contributed by atoms with Crippen molar-refractivity contribution in [2.45, 2.75) is 39.4 Å². The zero-order valence-corrected chi connectivity index (χ0v) is 12.0. The van der Waals surface area contributed by atoms with Gasteiger partial charge in [-0.2, -0.15) is 0 Å². The molecular weight excluding hydrogens is 264 g/mol. The lowest BCUT2D eigenvalue weighted by atomic mass is 10.2. The normalized spacial score (nSPS) is 17.9. The maximum Gasteiger partial charge on any atom is 0.348 e. The van der Waals surface area contributed by atoms with Crippen molar-refractivity contribution >= 4 is 29.4 Å². The van der Waals surface area contributed by atoms with Crippen molar-refractivity contribution in [3.63, 3.8) is 0 Å². The molecular formula is C14H16O4S. The lowest BCUT2D eigenvalue weighted by molar-refractivity contribution is -0.222. The van der Waals surface area contributed by atoms with Crippen LogP contribution in [0.2, 0.25) is 0 Å². The number of hydrogen-bond acceptors (Lipinski definition) is 5. The largest absolute Gasteiger partial charge is 0.419 e. The maximum atomic E-state index is 11.8. The summed E-state index contributed by atoms with van der Waals surface area (Å²) in [5.74, 6) is -2.45. The molecule has 0 bridgehead atoms. The van der Waals surface area contributed by atoms with Crippen LogP contribution in [-0.4, -0.2) is 17.7 Å². The molecule has 1 aromatic heterocycles. The smallest absolute Gasteiger partial charge is 0.348 e. The van der Waals surface area contributed by atoms with Crippen LogP contribution in [0.4, 0.5) is 0 Å². The number of hydrogen-bond donors (Lipinski definition) is 0. The molecule has 1 saturated heterocycles. The first-order valence-electron chi connectivity index (χ1n) is 6.18. The molecule has 5 heteroatoms. The molecule has 0 aromatic carbocycles. The zero-order valence-electron chi connectivity index (χ0n) is 11.2. The topological polar surface area (TPSA) is 52.6 Å². The fraction of sp³-hybridized carbons (Fsp3) is 0.429. The first-order valence-corrected chi connectivity index (χ1v) is 7.00. The summed E-state index contributed by atoms with van der Waals surface area (Å²) in [6.45, 7) is 5.17. The second-order valence-electron chi connectivity index (χ2n) is 4.79. The molecule has 0 atom stereocenters. The molecule has 2 heterocycles. The van der Waals surface area contributed by atoms with E-state index in [4.69, 9.17) is 9.47 Å². The third-order valence-corrected chi connectivity index (χ3v) is 3.67. The highest BCUT2D eigenvalue weighted by atomic mass is 32.1. The Balaban J connectivity index is 2.22. The molecule has 1 fully saturated rings. The van der Waals surface area contributed by atoms with Gasteiger partial charge in [0, 0.05) is 23.6 Å². The molecule has 1 aliphatic heterocycles. The minimum Gasteiger partial charge on any atom is -0.419 e. The van der Waals surface area contributed by atoms with E-state index >= 15 is 0 Å². The van der Waals surface area contributed by atoms with Gasteiger partial charge in [-0.25, -0.2) is 9.59 Å². The fourth-order valence-electron chi connectivity index (χ4n) is 1.77. The molecule has 0 saturated carbocycles. The van der Waals surface area contributed by atoms with Gasteiger partial charge in [-0.3, -0.25) is 0 Å². The summed E-state index contributed by atoms with van der Waals surface area (Å²) in [7, 11) is 0. The Kier molecular flexibility index (Phi) is 3.75. The number of cyclic esters (lactones) is 2. The summed E-state index contributed by atoms with van der Waals surface area (Å²) in [4.78, 5) is 25.6. The van der Waals surface area contributed by atoms with Crippen molar-refractivity contribution in [3.05, 3.63) is 27.5 Å². The summed E-state index contributed by atoms with van der Waals surface area (Å²) in [6, 6.07) is 3.90. The predicted molar refractivity (Wildman–Crippen MR) is 72.6 cm³/mol. The van der Waals surface area contributed by atoms with Gasteiger partial charge < -0.3 is 9.47 Å². The zero-order chi connectivity index (χ0) is 14.0. The molecule has 0 aliphatic carbocycles. The van der Waals surface area contributed by atoms with Gasteiger partial charge in [0.05, 0.1) is 0 Å². The third-order valence-electron chi connectivity index (χ3n) is 2.58. The number of carbonyl (C=O) groups is 2. The van der Waals surface area contributed by atoms with Crippen molar-refractivity contribution < 1.29 is 19.1 Å². The molecule has 1 aromatic rings. The molecule has 0 unspecified atom stereocenters. The van der Waals surface area contributed by atoms with Gasteiger partial charge in [-0.05, 0) is 24.6 Å². The van der Waals surface area contributed by atoms with Crippen LogP contribution in [-0.2, 0) is 25.5 Å². The summed E-state index contributed by atoms with van der Waals surface area (Å²) in [5.41, 5.74) is -0.0516. The minimum atomic E-state index is -1.19. The monoisotopic (exact) mass is 280 g/mol. The van der Waals surface area contributed by atoms with Gasteiger partial charge in [-0.15, -0.1) is 11.3 Å². The first-order chi connectivity index (χ1) is 8.91. The van der Waals surface area contributed by atoms with E-state index in [9.17, 15) is 9.59 Å². The number of carbonyl (C=O) groups excluding carboxylic acids is 2. The van der Waals surface area contributed by atoms with E-state index in [0.29, 0.717) is 0 Å². The van der Waals surface area contributed by atoms with Crippen molar-refractivity contribution in [2.75, 3.05) is 0 Å². The second kappa shape index (κ2) is 5.17. The highest BCUT2D eigenvalue weighted by molar-refractivity contribution is 7.12. The Labute approximate surface area is 116 Å². The van der Waals surface area contributed by atoms with Gasteiger partial charge in [0.1, 0.15) is 5.57 Å². The maximum absolute atomic E-state index is 11.8. The van der Waals surface area contributed by atoms with Crippen LogP contribution < -0.4 is 0 Å². The highest BCUT2D eigenvalue weighted by Crippen LogP contribution is 2.26. The fourth-order valence-corrected chi connectivity index (χ4v) is 2.83. The van der Waals surface area contributed by atoms with E-state index < -0.39 is 17.7 Å². The van der Waals surface area contributed by atoms with Crippen LogP contribution in [0.15, 0.2) is 17.7 Å². The summed E-state index contributed by atoms with van der Waals surface area (Å²) >= 11 is 1.56. The summed E-state index contributed by atoms with van der Waals surface area (Å²) < 4.78 is 10.1. The Morgan fingerprint density at radius 1 is 1.21 bits per heavy atom. The molecule has 0 amide bonds. The van der Waals surface area contributed by atoms with Crippen molar-refractivity contribution in [2.24, 2.45) is 0 Å². The van der Waals surface area contributed by atoms with Gasteiger partial charge in [0.15, 0.2) is 0 Å². The number of rotatable bonds is 3. The van der Waals surface area contributed by atoms with Crippen LogP contribution in [0.1, 0.15) is 36.9 Å². The van der Waals surface area contributed by atoms with E-state index in [0.717, 1.165) is 17.7 Å². The molecule has 0 N–H and O–H groups in total. The number of ether oxygens (including phenoxy) is 2. The Hall–Kier alpha value is -1.62. The summed E-state index contributed by atoms with van der Waals surface area (Å²) in [6.07, 6.45) is 3.59. The first kappa shape index (κ1) is 13.8. The SMILES string of the molecule is CCCc1ccc(C=C2C(=O)OC(C)(C)OC2=O)s1. The van der Waals surface area contributed by atoms with Crippen molar-refractivity contribution in [3.8, 4) is 0 Å². The van der Waals surface area contributed by atoms with Crippen LogP contribution in [0.3, 0.4) is 0 Å². The number of esters is 2. The van der Waals surface area contributed by atoms with Crippen molar-refractivity contribution in [1.29, 1.82) is 0 Å². The lowest BCUT2D eigenvalue weighted by Crippen LogP contribution is -2.41. The van der Waals surface area contributed by atoms with E-state index in [1.807, 2.05) is 12.1 Å². The Bertz CT molecular complexity index is 517. The molecule has 0 radical (unpaired) electrons. The van der Waals surface area contributed by atoms with Crippen LogP contribution in [0, 0.1) is 0 Å². The quantitative estimate of drug-likeness (QED) is 0.485. The molecule has 4 nitrogen and oxygen atoms in total. The van der Waals surface area contributed by atoms with Gasteiger partial charge in [-0.1, -0.05) is 13.3 Å². The van der Waals surface area contributed by atoms with Crippen LogP contribution in [0.25, 0.3) is 6.08 Å². The number of aryl methyl sites for hydroxylation is 1. The molecule has 19 heavy (non-hydrogen) atoms. The van der Waals surface area contributed by atoms with E-state index in [2.05, 4.69) is 6.92 Å². The molecule has 2 rings (SSSR count). The lowest BCUT2D eigenvalue weighted by Gasteiger charge is -2.29. The molecule has 1 aliphatic rings. The summed E-state index contributed by atoms with van der Waals surface area (Å²) in [5, 5.41) is 0. The number of thiophene rings is 1. The third kappa shape index (κ3) is 3.23. The van der Waals surface area contributed by atoms with Gasteiger partial charge in [0.25, 0.3) is 5.79 Å². The average molecular weight is 280 g/mol. The van der Waals surface area contributed by atoms with Crippen LogP contribution in [0.5, 0.6) is 0 Å². The standard InChI is InChI=1S/C14H16O4S/c1-4-5-9-6-7-10(19-9)8-11-12(15)17-14(2,3)18-13(11)16/h6-8H,4-5H2,1-3H3. The Morgan fingerprint density at radius 2 is 1.84 bits per heavy atom. The van der Waals surface area contributed by atoms with Gasteiger partial charge in [0.2, 0.25) is 0 Å². The Morgan fingerprint density at radius 3 is 2.42 bits per heavy atom. The average Bonchev–Trinajstić information content (AvgIpc) is 2.70. The second-order valence-corrected chi connectivity index (χ2v) is 5.99. The minimum absolute atomic E-state index is 0.0516. The van der Waals surface area contributed by atoms with E-state index in [1.165, 1.54) is 24.8 Å². The van der Waals surface area contributed by atoms with E-state index in [1.54, 1.807) is 11.3 Å². The van der Waals surface area contributed by atoms with Crippen LogP contribution >= 0.6 is 11.3 Å². The molecule has 102 valence electrons. The van der Waals surface area contributed by atoms with E-state index in [-0.39, 0.29) is 5.57 Å².